The van der Waals surface area contributed by atoms with E-state index < -0.39 is 11.0 Å². The molecule has 1 heterocycles. The van der Waals surface area contributed by atoms with E-state index in [1.807, 2.05) is 49.4 Å². The number of amides is 1. The lowest BCUT2D eigenvalue weighted by atomic mass is 10.00. The van der Waals surface area contributed by atoms with Gasteiger partial charge in [0.1, 0.15) is 11.5 Å². The van der Waals surface area contributed by atoms with Crippen LogP contribution in [0.3, 0.4) is 0 Å². The van der Waals surface area contributed by atoms with Gasteiger partial charge in [0, 0.05) is 11.5 Å². The van der Waals surface area contributed by atoms with E-state index in [0.29, 0.717) is 10.7 Å². The Morgan fingerprint density at radius 3 is 2.31 bits per heavy atom. The number of carbonyl (C=O) groups excluding carboxylic acids is 1. The normalized spacial score (nSPS) is 12.2. The van der Waals surface area contributed by atoms with Gasteiger partial charge < -0.3 is 4.52 Å². The molecule has 3 aromatic rings. The van der Waals surface area contributed by atoms with Gasteiger partial charge in [-0.3, -0.25) is 9.52 Å². The number of hydrogen-bond donors (Lipinski definition) is 1. The fourth-order valence-corrected chi connectivity index (χ4v) is 3.44. The van der Waals surface area contributed by atoms with Crippen molar-refractivity contribution in [3.63, 3.8) is 0 Å². The number of rotatable bonds is 5. The lowest BCUT2D eigenvalue weighted by Crippen LogP contribution is -2.29. The van der Waals surface area contributed by atoms with Gasteiger partial charge in [-0.25, -0.2) is 4.21 Å². The third kappa shape index (κ3) is 3.75. The zero-order valence-corrected chi connectivity index (χ0v) is 15.7. The van der Waals surface area contributed by atoms with E-state index in [2.05, 4.69) is 9.88 Å². The topological polar surface area (TPSA) is 72.2 Å². The van der Waals surface area contributed by atoms with Crippen LogP contribution in [-0.2, 0) is 15.8 Å². The number of nitrogens with zero attached hydrogens (tertiary/aromatic N) is 1. The molecule has 0 aliphatic heterocycles. The molecule has 2 aromatic carbocycles. The summed E-state index contributed by atoms with van der Waals surface area (Å²) in [5, 5.41) is 4.19. The van der Waals surface area contributed by atoms with Gasteiger partial charge in [-0.1, -0.05) is 61.5 Å². The molecular formula is C20H20N2O3S. The van der Waals surface area contributed by atoms with Crippen LogP contribution in [0, 0.1) is 12.8 Å². The maximum absolute atomic E-state index is 12.3. The Labute approximate surface area is 155 Å². The Kier molecular flexibility index (Phi) is 5.32. The fourth-order valence-electron chi connectivity index (χ4n) is 2.52. The molecule has 0 aliphatic carbocycles. The minimum absolute atomic E-state index is 0.216. The standard InChI is InChI=1S/C20H20N2O3S/c1-13(2)20(23)22-26(24)17-11-9-15(10-12-17)18-14(3)25-21-19(18)16-7-5-4-6-8-16/h4-13H,1-3H3,(H,22,23). The van der Waals surface area contributed by atoms with Crippen molar-refractivity contribution in [3.05, 3.63) is 60.4 Å². The van der Waals surface area contributed by atoms with E-state index >= 15 is 0 Å². The summed E-state index contributed by atoms with van der Waals surface area (Å²) in [6.07, 6.45) is 0. The second kappa shape index (κ2) is 7.66. The summed E-state index contributed by atoms with van der Waals surface area (Å²) in [7, 11) is -1.57. The first-order chi connectivity index (χ1) is 12.5. The maximum atomic E-state index is 12.3. The maximum Gasteiger partial charge on any atom is 0.234 e. The molecule has 5 nitrogen and oxygen atoms in total. The van der Waals surface area contributed by atoms with E-state index in [9.17, 15) is 9.00 Å². The smallest absolute Gasteiger partial charge is 0.234 e. The van der Waals surface area contributed by atoms with Crippen molar-refractivity contribution in [1.29, 1.82) is 0 Å². The van der Waals surface area contributed by atoms with Crippen molar-refractivity contribution in [3.8, 4) is 22.4 Å². The third-order valence-corrected chi connectivity index (χ3v) is 5.07. The summed E-state index contributed by atoms with van der Waals surface area (Å²) in [6, 6.07) is 17.0. The second-order valence-corrected chi connectivity index (χ2v) is 7.46. The summed E-state index contributed by atoms with van der Waals surface area (Å²) in [4.78, 5) is 12.2. The van der Waals surface area contributed by atoms with Gasteiger partial charge in [0.25, 0.3) is 0 Å². The van der Waals surface area contributed by atoms with Crippen LogP contribution in [0.2, 0.25) is 0 Å². The lowest BCUT2D eigenvalue weighted by Gasteiger charge is -2.08. The highest BCUT2D eigenvalue weighted by molar-refractivity contribution is 7.83. The number of aromatic nitrogens is 1. The zero-order valence-electron chi connectivity index (χ0n) is 14.9. The Bertz CT molecular complexity index is 931. The minimum atomic E-state index is -1.57. The Morgan fingerprint density at radius 2 is 1.69 bits per heavy atom. The van der Waals surface area contributed by atoms with Gasteiger partial charge in [-0.15, -0.1) is 0 Å². The average Bonchev–Trinajstić information content (AvgIpc) is 3.04. The molecule has 1 unspecified atom stereocenters. The van der Waals surface area contributed by atoms with Crippen LogP contribution in [-0.4, -0.2) is 15.3 Å². The van der Waals surface area contributed by atoms with Crippen molar-refractivity contribution in [1.82, 2.24) is 9.88 Å². The van der Waals surface area contributed by atoms with Crippen molar-refractivity contribution < 1.29 is 13.5 Å². The van der Waals surface area contributed by atoms with E-state index in [-0.39, 0.29) is 11.8 Å². The second-order valence-electron chi connectivity index (χ2n) is 6.24. The number of carbonyl (C=O) groups is 1. The molecule has 0 bridgehead atoms. The largest absolute Gasteiger partial charge is 0.360 e. The third-order valence-electron chi connectivity index (χ3n) is 3.98. The molecule has 1 aromatic heterocycles. The summed E-state index contributed by atoms with van der Waals surface area (Å²) in [6.45, 7) is 5.38. The van der Waals surface area contributed by atoms with Crippen molar-refractivity contribution in [2.24, 2.45) is 5.92 Å². The van der Waals surface area contributed by atoms with Gasteiger partial charge >= 0.3 is 0 Å². The van der Waals surface area contributed by atoms with Crippen LogP contribution >= 0.6 is 0 Å². The van der Waals surface area contributed by atoms with Crippen LogP contribution in [0.4, 0.5) is 0 Å². The van der Waals surface area contributed by atoms with Crippen LogP contribution in [0.5, 0.6) is 0 Å². The molecule has 3 rings (SSSR count). The Morgan fingerprint density at radius 1 is 1.04 bits per heavy atom. The molecule has 0 saturated carbocycles. The fraction of sp³-hybridized carbons (Fsp3) is 0.200. The SMILES string of the molecule is Cc1onc(-c2ccccc2)c1-c1ccc(S(=O)NC(=O)C(C)C)cc1. The van der Waals surface area contributed by atoms with Crippen LogP contribution in [0.25, 0.3) is 22.4 Å². The molecule has 1 atom stereocenters. The first kappa shape index (κ1) is 18.1. The molecule has 0 fully saturated rings. The van der Waals surface area contributed by atoms with Gasteiger partial charge in [0.15, 0.2) is 11.0 Å². The molecule has 0 spiro atoms. The van der Waals surface area contributed by atoms with Gasteiger partial charge in [-0.2, -0.15) is 0 Å². The average molecular weight is 368 g/mol. The number of benzene rings is 2. The van der Waals surface area contributed by atoms with Gasteiger partial charge in [-0.05, 0) is 24.6 Å². The lowest BCUT2D eigenvalue weighted by molar-refractivity contribution is -0.122. The van der Waals surface area contributed by atoms with E-state index in [1.54, 1.807) is 26.0 Å². The summed E-state index contributed by atoms with van der Waals surface area (Å²) in [5.41, 5.74) is 3.56. The minimum Gasteiger partial charge on any atom is -0.360 e. The molecule has 0 aliphatic rings. The summed E-state index contributed by atoms with van der Waals surface area (Å²) < 4.78 is 20.2. The van der Waals surface area contributed by atoms with Crippen LogP contribution < -0.4 is 4.72 Å². The molecule has 134 valence electrons. The first-order valence-corrected chi connectivity index (χ1v) is 9.46. The molecule has 6 heteroatoms. The van der Waals surface area contributed by atoms with Crippen molar-refractivity contribution in [2.75, 3.05) is 0 Å². The van der Waals surface area contributed by atoms with E-state index in [4.69, 9.17) is 4.52 Å². The monoisotopic (exact) mass is 368 g/mol. The molecule has 26 heavy (non-hydrogen) atoms. The molecule has 1 N–H and O–H groups in total. The molecular weight excluding hydrogens is 348 g/mol. The van der Waals surface area contributed by atoms with Gasteiger partial charge in [0.2, 0.25) is 5.91 Å². The zero-order chi connectivity index (χ0) is 18.7. The van der Waals surface area contributed by atoms with Crippen LogP contribution in [0.1, 0.15) is 19.6 Å². The quantitative estimate of drug-likeness (QED) is 0.735. The summed E-state index contributed by atoms with van der Waals surface area (Å²) >= 11 is 0. The first-order valence-electron chi connectivity index (χ1n) is 8.31. The number of hydrogen-bond acceptors (Lipinski definition) is 4. The van der Waals surface area contributed by atoms with Crippen molar-refractivity contribution in [2.45, 2.75) is 25.7 Å². The Hall–Kier alpha value is -2.73. The molecule has 1 amide bonds. The Balaban J connectivity index is 1.89. The molecule has 0 saturated heterocycles. The van der Waals surface area contributed by atoms with Crippen LogP contribution in [0.15, 0.2) is 64.0 Å². The highest BCUT2D eigenvalue weighted by atomic mass is 32.2. The molecule has 0 radical (unpaired) electrons. The highest BCUT2D eigenvalue weighted by Crippen LogP contribution is 2.34. The van der Waals surface area contributed by atoms with E-state index in [0.717, 1.165) is 22.4 Å². The van der Waals surface area contributed by atoms with Gasteiger partial charge in [0.05, 0.1) is 10.5 Å². The predicted octanol–water partition coefficient (Wildman–Crippen LogP) is 4.11. The number of aryl methyl sites for hydroxylation is 1. The number of nitrogens with one attached hydrogen (secondary N) is 1. The highest BCUT2D eigenvalue weighted by Gasteiger charge is 2.17. The van der Waals surface area contributed by atoms with Crippen molar-refractivity contribution >= 4 is 16.9 Å². The summed E-state index contributed by atoms with van der Waals surface area (Å²) in [5.74, 6) is 0.255. The predicted molar refractivity (Wildman–Crippen MR) is 102 cm³/mol. The van der Waals surface area contributed by atoms with E-state index in [1.165, 1.54) is 0 Å².